The van der Waals surface area contributed by atoms with E-state index in [4.69, 9.17) is 4.84 Å². The van der Waals surface area contributed by atoms with Gasteiger partial charge < -0.3 is 5.11 Å². The van der Waals surface area contributed by atoms with Crippen LogP contribution in [0.1, 0.15) is 10.4 Å². The Morgan fingerprint density at radius 3 is 2.41 bits per heavy atom. The van der Waals surface area contributed by atoms with Gasteiger partial charge in [-0.2, -0.15) is 0 Å². The van der Waals surface area contributed by atoms with Crippen molar-refractivity contribution in [2.75, 3.05) is 12.2 Å². The third kappa shape index (κ3) is 2.29. The highest BCUT2D eigenvalue weighted by Crippen LogP contribution is 2.39. The van der Waals surface area contributed by atoms with Crippen LogP contribution in [0.25, 0.3) is 10.8 Å². The van der Waals surface area contributed by atoms with Crippen LogP contribution in [0.2, 0.25) is 0 Å². The molecule has 0 radical (unpaired) electrons. The zero-order valence-corrected chi connectivity index (χ0v) is 12.1. The lowest BCUT2D eigenvalue weighted by molar-refractivity contribution is 0.111. The second-order valence-corrected chi connectivity index (χ2v) is 4.81. The third-order valence-electron chi connectivity index (χ3n) is 3.53. The van der Waals surface area contributed by atoms with Gasteiger partial charge in [0.15, 0.2) is 6.29 Å². The topological polar surface area (TPSA) is 49.8 Å². The minimum absolute atomic E-state index is 0.0679. The van der Waals surface area contributed by atoms with Crippen LogP contribution < -0.4 is 5.06 Å². The van der Waals surface area contributed by atoms with E-state index >= 15 is 0 Å². The van der Waals surface area contributed by atoms with E-state index in [-0.39, 0.29) is 11.3 Å². The number of benzene rings is 3. The zero-order valence-electron chi connectivity index (χ0n) is 12.1. The first kappa shape index (κ1) is 14.1. The normalized spacial score (nSPS) is 10.6. The molecule has 110 valence electrons. The first-order valence-corrected chi connectivity index (χ1v) is 6.85. The summed E-state index contributed by atoms with van der Waals surface area (Å²) in [7, 11) is 1.53. The maximum atomic E-state index is 11.5. The minimum atomic E-state index is -0.0679. The van der Waals surface area contributed by atoms with Crippen LogP contribution in [0.15, 0.2) is 60.7 Å². The Hall–Kier alpha value is -2.85. The van der Waals surface area contributed by atoms with Crippen molar-refractivity contribution < 1.29 is 14.7 Å². The number of carbonyl (C=O) groups is 1. The molecule has 0 fully saturated rings. The van der Waals surface area contributed by atoms with Crippen LogP contribution >= 0.6 is 0 Å². The highest BCUT2D eigenvalue weighted by atomic mass is 16.7. The number of rotatable bonds is 4. The predicted molar refractivity (Wildman–Crippen MR) is 86.6 cm³/mol. The highest BCUT2D eigenvalue weighted by molar-refractivity contribution is 6.05. The molecular weight excluding hydrogens is 278 g/mol. The maximum absolute atomic E-state index is 11.5. The average molecular weight is 293 g/mol. The van der Waals surface area contributed by atoms with Gasteiger partial charge in [-0.05, 0) is 23.6 Å². The molecule has 4 nitrogen and oxygen atoms in total. The Labute approximate surface area is 128 Å². The SMILES string of the molecule is CON(c1ccccc1)c1c(C=O)c(O)cc2ccccc12. The lowest BCUT2D eigenvalue weighted by atomic mass is 10.0. The van der Waals surface area contributed by atoms with Gasteiger partial charge in [0.1, 0.15) is 5.75 Å². The molecule has 3 rings (SSSR count). The summed E-state index contributed by atoms with van der Waals surface area (Å²) in [5, 5.41) is 13.4. The van der Waals surface area contributed by atoms with Crippen molar-refractivity contribution in [3.8, 4) is 5.75 Å². The molecule has 0 aliphatic heterocycles. The lowest BCUT2D eigenvalue weighted by Gasteiger charge is -2.25. The number of fused-ring (bicyclic) bond motifs is 1. The number of hydrogen-bond acceptors (Lipinski definition) is 4. The van der Waals surface area contributed by atoms with E-state index in [2.05, 4.69) is 0 Å². The first-order valence-electron chi connectivity index (χ1n) is 6.85. The van der Waals surface area contributed by atoms with Crippen LogP contribution in [-0.2, 0) is 4.84 Å². The van der Waals surface area contributed by atoms with E-state index < -0.39 is 0 Å². The van der Waals surface area contributed by atoms with Gasteiger partial charge in [0.25, 0.3) is 0 Å². The minimum Gasteiger partial charge on any atom is -0.507 e. The number of aldehydes is 1. The second kappa shape index (κ2) is 5.87. The molecule has 0 aliphatic carbocycles. The highest BCUT2D eigenvalue weighted by Gasteiger charge is 2.20. The fraction of sp³-hybridized carbons (Fsp3) is 0.0556. The van der Waals surface area contributed by atoms with Crippen molar-refractivity contribution in [2.24, 2.45) is 0 Å². The zero-order chi connectivity index (χ0) is 15.5. The summed E-state index contributed by atoms with van der Waals surface area (Å²) < 4.78 is 0. The van der Waals surface area contributed by atoms with E-state index in [0.29, 0.717) is 12.0 Å². The van der Waals surface area contributed by atoms with Crippen LogP contribution in [0.5, 0.6) is 5.75 Å². The Kier molecular flexibility index (Phi) is 3.76. The van der Waals surface area contributed by atoms with Crippen molar-refractivity contribution in [1.29, 1.82) is 0 Å². The Bertz CT molecular complexity index is 815. The van der Waals surface area contributed by atoms with Crippen molar-refractivity contribution in [3.05, 3.63) is 66.2 Å². The number of carbonyl (C=O) groups excluding carboxylic acids is 1. The quantitative estimate of drug-likeness (QED) is 0.582. The number of phenolic OH excluding ortho intramolecular Hbond substituents is 1. The third-order valence-corrected chi connectivity index (χ3v) is 3.53. The molecule has 0 amide bonds. The lowest BCUT2D eigenvalue weighted by Crippen LogP contribution is -2.17. The summed E-state index contributed by atoms with van der Waals surface area (Å²) in [6.07, 6.45) is 0.645. The van der Waals surface area contributed by atoms with Crippen molar-refractivity contribution in [1.82, 2.24) is 0 Å². The number of hydrogen-bond donors (Lipinski definition) is 1. The Balaban J connectivity index is 2.34. The van der Waals surface area contributed by atoms with Crippen molar-refractivity contribution in [3.63, 3.8) is 0 Å². The molecule has 0 atom stereocenters. The molecule has 0 aromatic heterocycles. The molecule has 0 unspecified atom stereocenters. The number of anilines is 2. The predicted octanol–water partition coefficient (Wildman–Crippen LogP) is 4.06. The van der Waals surface area contributed by atoms with Crippen LogP contribution in [0.4, 0.5) is 11.4 Å². The van der Waals surface area contributed by atoms with Crippen molar-refractivity contribution in [2.45, 2.75) is 0 Å². The number of para-hydroxylation sites is 1. The number of phenols is 1. The Morgan fingerprint density at radius 1 is 1.05 bits per heavy atom. The first-order chi connectivity index (χ1) is 10.8. The molecule has 3 aromatic carbocycles. The van der Waals surface area contributed by atoms with E-state index in [1.54, 1.807) is 11.1 Å². The van der Waals surface area contributed by atoms with Gasteiger partial charge in [-0.3, -0.25) is 9.63 Å². The molecule has 0 saturated carbocycles. The van der Waals surface area contributed by atoms with Gasteiger partial charge in [0.2, 0.25) is 0 Å². The van der Waals surface area contributed by atoms with E-state index in [1.165, 1.54) is 7.11 Å². The standard InChI is InChI=1S/C18H15NO3/c1-22-19(14-8-3-2-4-9-14)18-15-10-6-5-7-13(15)11-17(21)16(18)12-20/h2-12,21H,1H3. The van der Waals surface area contributed by atoms with Gasteiger partial charge in [-0.1, -0.05) is 42.5 Å². The van der Waals surface area contributed by atoms with Gasteiger partial charge in [0.05, 0.1) is 24.0 Å². The molecule has 1 N–H and O–H groups in total. The molecule has 0 heterocycles. The molecule has 4 heteroatoms. The van der Waals surface area contributed by atoms with Crippen LogP contribution in [-0.4, -0.2) is 18.5 Å². The van der Waals surface area contributed by atoms with E-state index in [1.807, 2.05) is 54.6 Å². The van der Waals surface area contributed by atoms with Gasteiger partial charge in [-0.15, -0.1) is 0 Å². The largest absolute Gasteiger partial charge is 0.507 e. The smallest absolute Gasteiger partial charge is 0.156 e. The van der Waals surface area contributed by atoms with Gasteiger partial charge in [-0.25, -0.2) is 5.06 Å². The van der Waals surface area contributed by atoms with Crippen molar-refractivity contribution >= 4 is 28.4 Å². The summed E-state index contributed by atoms with van der Waals surface area (Å²) >= 11 is 0. The molecule has 3 aromatic rings. The molecule has 0 bridgehead atoms. The molecule has 0 aliphatic rings. The summed E-state index contributed by atoms with van der Waals surface area (Å²) in [4.78, 5) is 17.0. The summed E-state index contributed by atoms with van der Waals surface area (Å²) in [5.74, 6) is -0.0679. The fourth-order valence-electron chi connectivity index (χ4n) is 2.55. The summed E-state index contributed by atoms with van der Waals surface area (Å²) in [5.41, 5.74) is 1.49. The number of nitrogens with zero attached hydrogens (tertiary/aromatic N) is 1. The van der Waals surface area contributed by atoms with Crippen LogP contribution in [0.3, 0.4) is 0 Å². The van der Waals surface area contributed by atoms with E-state index in [0.717, 1.165) is 16.5 Å². The van der Waals surface area contributed by atoms with Crippen LogP contribution in [0, 0.1) is 0 Å². The molecule has 22 heavy (non-hydrogen) atoms. The molecule has 0 saturated heterocycles. The molecule has 0 spiro atoms. The number of aromatic hydroxyl groups is 1. The maximum Gasteiger partial charge on any atom is 0.156 e. The van der Waals surface area contributed by atoms with Gasteiger partial charge >= 0.3 is 0 Å². The summed E-state index contributed by atoms with van der Waals surface area (Å²) in [6.45, 7) is 0. The Morgan fingerprint density at radius 2 is 1.73 bits per heavy atom. The fourth-order valence-corrected chi connectivity index (χ4v) is 2.55. The molecular formula is C18H15NO3. The second-order valence-electron chi connectivity index (χ2n) is 4.81. The van der Waals surface area contributed by atoms with Gasteiger partial charge in [0, 0.05) is 5.39 Å². The summed E-state index contributed by atoms with van der Waals surface area (Å²) in [6, 6.07) is 18.5. The van der Waals surface area contributed by atoms with E-state index in [9.17, 15) is 9.90 Å². The monoisotopic (exact) mass is 293 g/mol. The average Bonchev–Trinajstić information content (AvgIpc) is 2.56.